The first-order valence-electron chi connectivity index (χ1n) is 5.40. The molecule has 90 valence electrons. The van der Waals surface area contributed by atoms with Crippen LogP contribution in [0.3, 0.4) is 0 Å². The number of aromatic nitrogens is 1. The average Bonchev–Trinajstić information content (AvgIpc) is 2.73. The molecule has 0 unspecified atom stereocenters. The summed E-state index contributed by atoms with van der Waals surface area (Å²) in [5.74, 6) is -0.211. The highest BCUT2D eigenvalue weighted by atomic mass is 32.1. The summed E-state index contributed by atoms with van der Waals surface area (Å²) in [7, 11) is 0. The molecule has 0 aliphatic carbocycles. The van der Waals surface area contributed by atoms with Gasteiger partial charge in [0.2, 0.25) is 0 Å². The number of para-hydroxylation sites is 1. The fraction of sp³-hybridized carbons (Fsp3) is 0.250. The van der Waals surface area contributed by atoms with Gasteiger partial charge in [-0.3, -0.25) is 0 Å². The normalized spacial score (nSPS) is 10.5. The Morgan fingerprint density at radius 3 is 2.76 bits per heavy atom. The molecule has 0 aliphatic heterocycles. The van der Waals surface area contributed by atoms with Crippen molar-refractivity contribution in [2.45, 2.75) is 13.5 Å². The van der Waals surface area contributed by atoms with Crippen LogP contribution in [0.2, 0.25) is 0 Å². The van der Waals surface area contributed by atoms with E-state index in [0.29, 0.717) is 17.4 Å². The fourth-order valence-electron chi connectivity index (χ4n) is 1.67. The maximum Gasteiger partial charge on any atom is 0.180 e. The highest BCUT2D eigenvalue weighted by molar-refractivity contribution is 7.13. The van der Waals surface area contributed by atoms with Gasteiger partial charge in [0, 0.05) is 11.9 Å². The number of rotatable bonds is 4. The molecule has 1 heterocycles. The Hall–Kier alpha value is -1.62. The Morgan fingerprint density at radius 1 is 1.41 bits per heavy atom. The largest absolute Gasteiger partial charge is 0.375 e. The number of hydrogen-bond acceptors (Lipinski definition) is 4. The molecule has 0 saturated heterocycles. The van der Waals surface area contributed by atoms with Crippen molar-refractivity contribution in [3.8, 4) is 0 Å². The maximum atomic E-state index is 13.7. The molecule has 5 heteroatoms. The van der Waals surface area contributed by atoms with Gasteiger partial charge in [-0.1, -0.05) is 12.1 Å². The zero-order valence-electron chi connectivity index (χ0n) is 9.56. The first-order valence-corrected chi connectivity index (χ1v) is 6.28. The Balaban J connectivity index is 2.20. The molecule has 0 atom stereocenters. The highest BCUT2D eigenvalue weighted by Gasteiger charge is 2.11. The summed E-state index contributed by atoms with van der Waals surface area (Å²) in [5, 5.41) is 2.45. The molecule has 0 amide bonds. The molecule has 0 bridgehead atoms. The van der Waals surface area contributed by atoms with Crippen LogP contribution in [0.4, 0.5) is 15.2 Å². The maximum absolute atomic E-state index is 13.7. The van der Waals surface area contributed by atoms with E-state index in [0.717, 1.165) is 12.2 Å². The third-order valence-electron chi connectivity index (χ3n) is 2.50. The van der Waals surface area contributed by atoms with Crippen LogP contribution in [0, 0.1) is 5.82 Å². The molecule has 1 aromatic heterocycles. The van der Waals surface area contributed by atoms with Gasteiger partial charge in [0.05, 0.1) is 17.9 Å². The molecule has 1 aromatic carbocycles. The molecule has 0 radical (unpaired) electrons. The van der Waals surface area contributed by atoms with Gasteiger partial charge >= 0.3 is 0 Å². The lowest BCUT2D eigenvalue weighted by atomic mass is 10.2. The van der Waals surface area contributed by atoms with E-state index in [-0.39, 0.29) is 5.82 Å². The van der Waals surface area contributed by atoms with E-state index in [9.17, 15) is 4.39 Å². The van der Waals surface area contributed by atoms with Gasteiger partial charge in [-0.2, -0.15) is 0 Å². The Kier molecular flexibility index (Phi) is 3.58. The molecule has 2 N–H and O–H groups in total. The Bertz CT molecular complexity index is 498. The second kappa shape index (κ2) is 5.14. The molecule has 0 spiro atoms. The van der Waals surface area contributed by atoms with E-state index >= 15 is 0 Å². The molecule has 2 rings (SSSR count). The quantitative estimate of drug-likeness (QED) is 0.908. The summed E-state index contributed by atoms with van der Waals surface area (Å²) in [6, 6.07) is 6.76. The van der Waals surface area contributed by atoms with E-state index < -0.39 is 0 Å². The van der Waals surface area contributed by atoms with Crippen LogP contribution in [-0.2, 0) is 6.54 Å². The third kappa shape index (κ3) is 2.74. The van der Waals surface area contributed by atoms with Gasteiger partial charge in [-0.05, 0) is 19.1 Å². The minimum atomic E-state index is -0.211. The summed E-state index contributed by atoms with van der Waals surface area (Å²) in [4.78, 5) is 6.12. The van der Waals surface area contributed by atoms with Crippen molar-refractivity contribution in [2.75, 3.05) is 17.2 Å². The van der Waals surface area contributed by atoms with E-state index in [2.05, 4.69) is 4.98 Å². The van der Waals surface area contributed by atoms with Crippen LogP contribution >= 0.6 is 11.3 Å². The van der Waals surface area contributed by atoms with Gasteiger partial charge < -0.3 is 10.6 Å². The second-order valence-electron chi connectivity index (χ2n) is 3.64. The fourth-order valence-corrected chi connectivity index (χ4v) is 2.22. The number of benzene rings is 1. The summed E-state index contributed by atoms with van der Waals surface area (Å²) in [6.45, 7) is 3.28. The first-order chi connectivity index (χ1) is 8.20. The van der Waals surface area contributed by atoms with Crippen molar-refractivity contribution < 1.29 is 4.39 Å². The lowest BCUT2D eigenvalue weighted by Gasteiger charge is -2.22. The number of anilines is 2. The van der Waals surface area contributed by atoms with Crippen LogP contribution < -0.4 is 10.6 Å². The standard InChI is InChI=1S/C12H14FN3S/c1-2-16(7-9-8-17-12(14)15-9)11-6-4-3-5-10(11)13/h3-6,8H,2,7H2,1H3,(H2,14,15). The Morgan fingerprint density at radius 2 is 2.18 bits per heavy atom. The number of nitrogen functional groups attached to an aromatic ring is 1. The van der Waals surface area contributed by atoms with Crippen LogP contribution in [0.15, 0.2) is 29.6 Å². The molecule has 3 nitrogen and oxygen atoms in total. The summed E-state index contributed by atoms with van der Waals surface area (Å²) in [6.07, 6.45) is 0. The van der Waals surface area contributed by atoms with Crippen LogP contribution in [0.1, 0.15) is 12.6 Å². The van der Waals surface area contributed by atoms with Gasteiger partial charge in [0.15, 0.2) is 5.13 Å². The lowest BCUT2D eigenvalue weighted by molar-refractivity contribution is 0.617. The molecular formula is C12H14FN3S. The third-order valence-corrected chi connectivity index (χ3v) is 3.22. The van der Waals surface area contributed by atoms with E-state index in [1.807, 2.05) is 23.3 Å². The average molecular weight is 251 g/mol. The van der Waals surface area contributed by atoms with Gasteiger partial charge in [0.25, 0.3) is 0 Å². The topological polar surface area (TPSA) is 42.1 Å². The van der Waals surface area contributed by atoms with Gasteiger partial charge in [0.1, 0.15) is 5.82 Å². The molecule has 0 saturated carbocycles. The van der Waals surface area contributed by atoms with Gasteiger partial charge in [-0.15, -0.1) is 11.3 Å². The SMILES string of the molecule is CCN(Cc1csc(N)n1)c1ccccc1F. The van der Waals surface area contributed by atoms with Crippen molar-refractivity contribution in [3.05, 3.63) is 41.2 Å². The predicted molar refractivity (Wildman–Crippen MR) is 69.7 cm³/mol. The second-order valence-corrected chi connectivity index (χ2v) is 4.53. The molecule has 17 heavy (non-hydrogen) atoms. The highest BCUT2D eigenvalue weighted by Crippen LogP contribution is 2.21. The number of halogens is 1. The molecular weight excluding hydrogens is 237 g/mol. The van der Waals surface area contributed by atoms with E-state index in [1.165, 1.54) is 17.4 Å². The van der Waals surface area contributed by atoms with Crippen molar-refractivity contribution in [1.29, 1.82) is 0 Å². The zero-order chi connectivity index (χ0) is 12.3. The van der Waals surface area contributed by atoms with Crippen molar-refractivity contribution in [2.24, 2.45) is 0 Å². The minimum Gasteiger partial charge on any atom is -0.375 e. The minimum absolute atomic E-state index is 0.211. The van der Waals surface area contributed by atoms with Crippen molar-refractivity contribution >= 4 is 22.2 Å². The van der Waals surface area contributed by atoms with Crippen molar-refractivity contribution in [3.63, 3.8) is 0 Å². The van der Waals surface area contributed by atoms with Crippen LogP contribution in [0.5, 0.6) is 0 Å². The van der Waals surface area contributed by atoms with E-state index in [1.54, 1.807) is 12.1 Å². The molecule has 0 aliphatic rings. The van der Waals surface area contributed by atoms with E-state index in [4.69, 9.17) is 5.73 Å². The summed E-state index contributed by atoms with van der Waals surface area (Å²) in [5.41, 5.74) is 7.05. The number of nitrogens with two attached hydrogens (primary N) is 1. The molecule has 2 aromatic rings. The summed E-state index contributed by atoms with van der Waals surface area (Å²) >= 11 is 1.40. The zero-order valence-corrected chi connectivity index (χ0v) is 10.4. The van der Waals surface area contributed by atoms with Gasteiger partial charge in [-0.25, -0.2) is 9.37 Å². The smallest absolute Gasteiger partial charge is 0.180 e. The van der Waals surface area contributed by atoms with Crippen LogP contribution in [0.25, 0.3) is 0 Å². The number of thiazole rings is 1. The Labute approximate surface area is 104 Å². The van der Waals surface area contributed by atoms with Crippen molar-refractivity contribution in [1.82, 2.24) is 4.98 Å². The predicted octanol–water partition coefficient (Wildman–Crippen LogP) is 2.89. The van der Waals surface area contributed by atoms with Crippen LogP contribution in [-0.4, -0.2) is 11.5 Å². The lowest BCUT2D eigenvalue weighted by Crippen LogP contribution is -2.23. The number of hydrogen-bond donors (Lipinski definition) is 1. The number of nitrogens with zero attached hydrogens (tertiary/aromatic N) is 2. The molecule has 0 fully saturated rings. The monoisotopic (exact) mass is 251 g/mol. The summed E-state index contributed by atoms with van der Waals surface area (Å²) < 4.78 is 13.7. The first kappa shape index (κ1) is 11.9.